The first-order valence-electron chi connectivity index (χ1n) is 8.13. The van der Waals surface area contributed by atoms with Crippen molar-refractivity contribution in [2.45, 2.75) is 19.5 Å². The fourth-order valence-corrected chi connectivity index (χ4v) is 2.64. The molecule has 1 aliphatic rings. The molecule has 0 aliphatic carbocycles. The predicted octanol–water partition coefficient (Wildman–Crippen LogP) is 2.73. The van der Waals surface area contributed by atoms with Gasteiger partial charge in [0.2, 0.25) is 0 Å². The van der Waals surface area contributed by atoms with Gasteiger partial charge in [0, 0.05) is 12.6 Å². The van der Waals surface area contributed by atoms with Gasteiger partial charge >= 0.3 is 0 Å². The first-order chi connectivity index (χ1) is 12.2. The van der Waals surface area contributed by atoms with Crippen molar-refractivity contribution in [3.63, 3.8) is 0 Å². The first-order valence-corrected chi connectivity index (χ1v) is 8.13. The Balaban J connectivity index is 1.93. The topological polar surface area (TPSA) is 56.6 Å². The van der Waals surface area contributed by atoms with Crippen molar-refractivity contribution in [3.05, 3.63) is 48.8 Å². The summed E-state index contributed by atoms with van der Waals surface area (Å²) in [6.45, 7) is 4.58. The van der Waals surface area contributed by atoms with Gasteiger partial charge in [0.05, 0.1) is 37.7 Å². The maximum Gasteiger partial charge on any atom is 0.250 e. The third-order valence-electron chi connectivity index (χ3n) is 3.81. The standard InChI is InChI=1S/C18H20FN3O3/c1-2-17(23)22(13-14-7-9-21(20-14)10-8-19)15-5-3-6-16-18(15)25-12-4-11-24-16/h2-3,5-7,9H,1,4,8,10-13H2. The molecule has 0 N–H and O–H groups in total. The highest BCUT2D eigenvalue weighted by atomic mass is 19.1. The summed E-state index contributed by atoms with van der Waals surface area (Å²) in [7, 11) is 0. The number of hydrogen-bond donors (Lipinski definition) is 0. The van der Waals surface area contributed by atoms with Crippen LogP contribution >= 0.6 is 0 Å². The van der Waals surface area contributed by atoms with Gasteiger partial charge in [-0.25, -0.2) is 4.39 Å². The Labute approximate surface area is 145 Å². The zero-order valence-electron chi connectivity index (χ0n) is 13.9. The molecule has 0 bridgehead atoms. The zero-order chi connectivity index (χ0) is 17.6. The van der Waals surface area contributed by atoms with Crippen LogP contribution in [0, 0.1) is 0 Å². The van der Waals surface area contributed by atoms with Crippen LogP contribution in [0.4, 0.5) is 10.1 Å². The van der Waals surface area contributed by atoms with E-state index in [9.17, 15) is 9.18 Å². The minimum atomic E-state index is -0.492. The molecule has 2 aromatic rings. The summed E-state index contributed by atoms with van der Waals surface area (Å²) in [4.78, 5) is 14.0. The molecule has 0 unspecified atom stereocenters. The number of alkyl halides is 1. The van der Waals surface area contributed by atoms with Gasteiger partial charge < -0.3 is 9.47 Å². The average molecular weight is 345 g/mol. The van der Waals surface area contributed by atoms with Crippen LogP contribution in [0.5, 0.6) is 11.5 Å². The van der Waals surface area contributed by atoms with Crippen molar-refractivity contribution in [2.24, 2.45) is 0 Å². The van der Waals surface area contributed by atoms with Crippen LogP contribution in [0.3, 0.4) is 0 Å². The van der Waals surface area contributed by atoms with Crippen LogP contribution in [-0.2, 0) is 17.9 Å². The second-order valence-corrected chi connectivity index (χ2v) is 5.54. The molecule has 0 radical (unpaired) electrons. The molecule has 3 rings (SSSR count). The molecule has 1 aromatic carbocycles. The summed E-state index contributed by atoms with van der Waals surface area (Å²) in [5.41, 5.74) is 1.25. The van der Waals surface area contributed by atoms with Gasteiger partial charge in [-0.1, -0.05) is 12.6 Å². The number of amides is 1. The van der Waals surface area contributed by atoms with Gasteiger partial charge in [-0.3, -0.25) is 14.4 Å². The summed E-state index contributed by atoms with van der Waals surface area (Å²) in [6, 6.07) is 7.19. The Morgan fingerprint density at radius 2 is 2.20 bits per heavy atom. The smallest absolute Gasteiger partial charge is 0.250 e. The Hall–Kier alpha value is -2.83. The number of nitrogens with zero attached hydrogens (tertiary/aromatic N) is 3. The summed E-state index contributed by atoms with van der Waals surface area (Å²) in [5, 5.41) is 4.29. The number of carbonyl (C=O) groups is 1. The van der Waals surface area contributed by atoms with Crippen molar-refractivity contribution < 1.29 is 18.7 Å². The third-order valence-corrected chi connectivity index (χ3v) is 3.81. The molecule has 0 fully saturated rings. The van der Waals surface area contributed by atoms with Crippen LogP contribution in [0.25, 0.3) is 0 Å². The molecule has 1 aromatic heterocycles. The van der Waals surface area contributed by atoms with Crippen LogP contribution in [0.2, 0.25) is 0 Å². The van der Waals surface area contributed by atoms with Gasteiger partial charge in [0.1, 0.15) is 6.67 Å². The number of carbonyl (C=O) groups excluding carboxylic acids is 1. The first kappa shape index (κ1) is 17.0. The van der Waals surface area contributed by atoms with Crippen LogP contribution in [0.15, 0.2) is 43.1 Å². The molecule has 0 spiro atoms. The number of rotatable bonds is 6. The predicted molar refractivity (Wildman–Crippen MR) is 91.6 cm³/mol. The van der Waals surface area contributed by atoms with Gasteiger partial charge in [0.25, 0.3) is 5.91 Å². The highest BCUT2D eigenvalue weighted by Gasteiger charge is 2.23. The highest BCUT2D eigenvalue weighted by Crippen LogP contribution is 2.39. The minimum absolute atomic E-state index is 0.188. The van der Waals surface area contributed by atoms with Gasteiger partial charge in [-0.2, -0.15) is 5.10 Å². The van der Waals surface area contributed by atoms with Crippen molar-refractivity contribution in [1.29, 1.82) is 0 Å². The van der Waals surface area contributed by atoms with E-state index < -0.39 is 6.67 Å². The lowest BCUT2D eigenvalue weighted by Gasteiger charge is -2.23. The average Bonchev–Trinajstić information content (AvgIpc) is 2.92. The lowest BCUT2D eigenvalue weighted by atomic mass is 10.2. The molecule has 132 valence electrons. The SMILES string of the molecule is C=CC(=O)N(Cc1ccn(CCF)n1)c1cccc2c1OCCCO2. The van der Waals surface area contributed by atoms with E-state index in [4.69, 9.17) is 9.47 Å². The monoisotopic (exact) mass is 345 g/mol. The van der Waals surface area contributed by atoms with Crippen molar-refractivity contribution in [1.82, 2.24) is 9.78 Å². The molecule has 0 saturated carbocycles. The van der Waals surface area contributed by atoms with E-state index in [1.807, 2.05) is 12.1 Å². The third kappa shape index (κ3) is 3.81. The summed E-state index contributed by atoms with van der Waals surface area (Å²) in [5.74, 6) is 0.875. The van der Waals surface area contributed by atoms with Gasteiger partial charge in [-0.15, -0.1) is 0 Å². The van der Waals surface area contributed by atoms with E-state index in [1.165, 1.54) is 15.7 Å². The summed E-state index contributed by atoms with van der Waals surface area (Å²) < 4.78 is 25.5. The van der Waals surface area contributed by atoms with Crippen LogP contribution in [-0.4, -0.2) is 35.6 Å². The fraction of sp³-hybridized carbons (Fsp3) is 0.333. The molecule has 2 heterocycles. The van der Waals surface area contributed by atoms with Crippen molar-refractivity contribution >= 4 is 11.6 Å². The quantitative estimate of drug-likeness (QED) is 0.756. The number of benzene rings is 1. The van der Waals surface area contributed by atoms with E-state index >= 15 is 0 Å². The molecular weight excluding hydrogens is 325 g/mol. The molecule has 7 heteroatoms. The number of para-hydroxylation sites is 1. The molecule has 6 nitrogen and oxygen atoms in total. The number of fused-ring (bicyclic) bond motifs is 1. The maximum absolute atomic E-state index is 12.5. The Morgan fingerprint density at radius 1 is 1.36 bits per heavy atom. The van der Waals surface area contributed by atoms with Crippen molar-refractivity contribution in [2.75, 3.05) is 24.8 Å². The van der Waals surface area contributed by atoms with Crippen molar-refractivity contribution in [3.8, 4) is 11.5 Å². The lowest BCUT2D eigenvalue weighted by molar-refractivity contribution is -0.114. The second-order valence-electron chi connectivity index (χ2n) is 5.54. The molecule has 0 atom stereocenters. The molecule has 0 saturated heterocycles. The fourth-order valence-electron chi connectivity index (χ4n) is 2.64. The van der Waals surface area contributed by atoms with E-state index in [0.717, 1.165) is 6.42 Å². The van der Waals surface area contributed by atoms with Crippen LogP contribution in [0.1, 0.15) is 12.1 Å². The molecule has 1 aliphatic heterocycles. The Kier molecular flexibility index (Phi) is 5.33. The number of anilines is 1. The number of ether oxygens (including phenoxy) is 2. The number of hydrogen-bond acceptors (Lipinski definition) is 4. The summed E-state index contributed by atoms with van der Waals surface area (Å²) >= 11 is 0. The summed E-state index contributed by atoms with van der Waals surface area (Å²) in [6.07, 6.45) is 3.71. The van der Waals surface area contributed by atoms with Gasteiger partial charge in [0.15, 0.2) is 11.5 Å². The Morgan fingerprint density at radius 3 is 3.00 bits per heavy atom. The number of aryl methyl sites for hydroxylation is 1. The normalized spacial score (nSPS) is 13.2. The molecular formula is C18H20FN3O3. The lowest BCUT2D eigenvalue weighted by Crippen LogP contribution is -2.29. The number of aromatic nitrogens is 2. The molecule has 25 heavy (non-hydrogen) atoms. The number of halogens is 1. The van der Waals surface area contributed by atoms with Crippen LogP contribution < -0.4 is 14.4 Å². The van der Waals surface area contributed by atoms with Gasteiger partial charge in [-0.05, 0) is 24.3 Å². The van der Waals surface area contributed by atoms with E-state index in [-0.39, 0.29) is 19.0 Å². The minimum Gasteiger partial charge on any atom is -0.489 e. The van der Waals surface area contributed by atoms with E-state index in [2.05, 4.69) is 11.7 Å². The highest BCUT2D eigenvalue weighted by molar-refractivity contribution is 6.02. The molecule has 1 amide bonds. The van der Waals surface area contributed by atoms with E-state index in [0.29, 0.717) is 36.1 Å². The maximum atomic E-state index is 12.5. The second kappa shape index (κ2) is 7.83. The van der Waals surface area contributed by atoms with E-state index in [1.54, 1.807) is 18.3 Å². The zero-order valence-corrected chi connectivity index (χ0v) is 13.9. The largest absolute Gasteiger partial charge is 0.489 e. The Bertz CT molecular complexity index is 760.